The molecule has 4 heteroatoms. The second kappa shape index (κ2) is 5.23. The molecule has 1 heterocycles. The minimum Gasteiger partial charge on any atom is -0.305 e. The van der Waals surface area contributed by atoms with Crippen molar-refractivity contribution in [1.82, 2.24) is 9.88 Å². The summed E-state index contributed by atoms with van der Waals surface area (Å²) in [6.45, 7) is 0.768. The summed E-state index contributed by atoms with van der Waals surface area (Å²) in [6.07, 6.45) is 0. The van der Waals surface area contributed by atoms with Crippen molar-refractivity contribution in [2.24, 2.45) is 0 Å². The van der Waals surface area contributed by atoms with E-state index in [0.717, 1.165) is 18.2 Å². The number of pyridine rings is 1. The molecule has 0 saturated heterocycles. The normalized spacial score (nSPS) is 10.9. The van der Waals surface area contributed by atoms with Gasteiger partial charge in [0.2, 0.25) is 11.9 Å². The summed E-state index contributed by atoms with van der Waals surface area (Å²) >= 11 is 0. The first-order valence-corrected chi connectivity index (χ1v) is 5.62. The zero-order valence-electron chi connectivity index (χ0n) is 10.3. The van der Waals surface area contributed by atoms with E-state index in [0.29, 0.717) is 11.1 Å². The molecule has 0 aliphatic carbocycles. The molecule has 1 aromatic carbocycles. The zero-order valence-corrected chi connectivity index (χ0v) is 10.3. The average molecular weight is 248 g/mol. The van der Waals surface area contributed by atoms with Crippen molar-refractivity contribution >= 4 is 0 Å². The van der Waals surface area contributed by atoms with Gasteiger partial charge in [0.25, 0.3) is 0 Å². The first kappa shape index (κ1) is 12.6. The van der Waals surface area contributed by atoms with E-state index in [9.17, 15) is 8.78 Å². The van der Waals surface area contributed by atoms with Gasteiger partial charge in [-0.1, -0.05) is 18.2 Å². The van der Waals surface area contributed by atoms with Crippen molar-refractivity contribution in [2.75, 3.05) is 14.1 Å². The molecule has 0 radical (unpaired) electrons. The third-order valence-electron chi connectivity index (χ3n) is 2.55. The van der Waals surface area contributed by atoms with Crippen LogP contribution in [0.15, 0.2) is 36.4 Å². The summed E-state index contributed by atoms with van der Waals surface area (Å²) in [5, 5.41) is 0. The summed E-state index contributed by atoms with van der Waals surface area (Å²) in [4.78, 5) is 5.22. The number of halogens is 2. The Kier molecular flexibility index (Phi) is 3.67. The zero-order chi connectivity index (χ0) is 13.1. The summed E-state index contributed by atoms with van der Waals surface area (Å²) in [6, 6.07) is 10.1. The van der Waals surface area contributed by atoms with Crippen LogP contribution in [-0.2, 0) is 6.54 Å². The lowest BCUT2D eigenvalue weighted by Crippen LogP contribution is -2.10. The summed E-state index contributed by atoms with van der Waals surface area (Å²) in [5.74, 6) is -1.59. The van der Waals surface area contributed by atoms with Gasteiger partial charge in [-0.05, 0) is 43.4 Å². The van der Waals surface area contributed by atoms with E-state index >= 15 is 0 Å². The molecule has 0 N–H and O–H groups in total. The third-order valence-corrected chi connectivity index (χ3v) is 2.55. The molecule has 2 aromatic rings. The van der Waals surface area contributed by atoms with Crippen molar-refractivity contribution in [3.8, 4) is 11.1 Å². The lowest BCUT2D eigenvalue weighted by atomic mass is 10.0. The fourth-order valence-electron chi connectivity index (χ4n) is 1.83. The van der Waals surface area contributed by atoms with E-state index in [1.807, 2.05) is 37.2 Å². The van der Waals surface area contributed by atoms with Crippen molar-refractivity contribution < 1.29 is 8.78 Å². The number of nitrogens with zero attached hydrogens (tertiary/aromatic N) is 2. The van der Waals surface area contributed by atoms with Crippen LogP contribution in [0.1, 0.15) is 5.56 Å². The highest BCUT2D eigenvalue weighted by atomic mass is 19.1. The molecule has 0 aliphatic rings. The topological polar surface area (TPSA) is 16.1 Å². The van der Waals surface area contributed by atoms with Gasteiger partial charge in [0.05, 0.1) is 0 Å². The number of hydrogen-bond donors (Lipinski definition) is 0. The SMILES string of the molecule is CN(C)Cc1cccc(-c2ccc(F)nc2F)c1. The Morgan fingerprint density at radius 2 is 1.89 bits per heavy atom. The minimum absolute atomic E-state index is 0.317. The molecule has 0 spiro atoms. The van der Waals surface area contributed by atoms with E-state index in [4.69, 9.17) is 0 Å². The largest absolute Gasteiger partial charge is 0.305 e. The lowest BCUT2D eigenvalue weighted by Gasteiger charge is -2.11. The predicted molar refractivity (Wildman–Crippen MR) is 67.0 cm³/mol. The van der Waals surface area contributed by atoms with Gasteiger partial charge in [-0.3, -0.25) is 0 Å². The molecule has 0 fully saturated rings. The van der Waals surface area contributed by atoms with Gasteiger partial charge in [0.1, 0.15) is 0 Å². The highest BCUT2D eigenvalue weighted by Gasteiger charge is 2.08. The Morgan fingerprint density at radius 1 is 1.11 bits per heavy atom. The molecule has 0 bridgehead atoms. The smallest absolute Gasteiger partial charge is 0.223 e. The van der Waals surface area contributed by atoms with Crippen LogP contribution in [0, 0.1) is 11.9 Å². The summed E-state index contributed by atoms with van der Waals surface area (Å²) in [7, 11) is 3.93. The molecule has 0 atom stereocenters. The Labute approximate surface area is 105 Å². The van der Waals surface area contributed by atoms with Gasteiger partial charge in [-0.15, -0.1) is 0 Å². The predicted octanol–water partition coefficient (Wildman–Crippen LogP) is 3.09. The molecule has 18 heavy (non-hydrogen) atoms. The van der Waals surface area contributed by atoms with Crippen molar-refractivity contribution in [1.29, 1.82) is 0 Å². The van der Waals surface area contributed by atoms with E-state index in [1.165, 1.54) is 6.07 Å². The van der Waals surface area contributed by atoms with Crippen LogP contribution < -0.4 is 0 Å². The lowest BCUT2D eigenvalue weighted by molar-refractivity contribution is 0.402. The first-order chi connectivity index (χ1) is 8.56. The Hall–Kier alpha value is -1.81. The fourth-order valence-corrected chi connectivity index (χ4v) is 1.83. The number of rotatable bonds is 3. The molecule has 94 valence electrons. The highest BCUT2D eigenvalue weighted by Crippen LogP contribution is 2.23. The second-order valence-electron chi connectivity index (χ2n) is 4.41. The van der Waals surface area contributed by atoms with Gasteiger partial charge in [-0.25, -0.2) is 0 Å². The molecule has 0 amide bonds. The first-order valence-electron chi connectivity index (χ1n) is 5.62. The van der Waals surface area contributed by atoms with Gasteiger partial charge >= 0.3 is 0 Å². The van der Waals surface area contributed by atoms with Crippen LogP contribution in [0.5, 0.6) is 0 Å². The summed E-state index contributed by atoms with van der Waals surface area (Å²) < 4.78 is 26.3. The number of benzene rings is 1. The van der Waals surface area contributed by atoms with Gasteiger partial charge in [-0.2, -0.15) is 13.8 Å². The Morgan fingerprint density at radius 3 is 2.56 bits per heavy atom. The van der Waals surface area contributed by atoms with Crippen LogP contribution in [0.4, 0.5) is 8.78 Å². The van der Waals surface area contributed by atoms with E-state index in [2.05, 4.69) is 4.98 Å². The van der Waals surface area contributed by atoms with Crippen LogP contribution in [0.25, 0.3) is 11.1 Å². The highest BCUT2D eigenvalue weighted by molar-refractivity contribution is 5.63. The summed E-state index contributed by atoms with van der Waals surface area (Å²) in [5.41, 5.74) is 2.09. The maximum Gasteiger partial charge on any atom is 0.223 e. The van der Waals surface area contributed by atoms with E-state index < -0.39 is 11.9 Å². The van der Waals surface area contributed by atoms with Crippen LogP contribution in [0.3, 0.4) is 0 Å². The molecular formula is C14H14F2N2. The molecule has 2 rings (SSSR count). The van der Waals surface area contributed by atoms with Crippen molar-refractivity contribution in [2.45, 2.75) is 6.54 Å². The quantitative estimate of drug-likeness (QED) is 0.776. The van der Waals surface area contributed by atoms with Gasteiger partial charge in [0, 0.05) is 12.1 Å². The standard InChI is InChI=1S/C14H14F2N2/c1-18(2)9-10-4-3-5-11(8-10)12-6-7-13(15)17-14(12)16/h3-8H,9H2,1-2H3. The maximum absolute atomic E-state index is 13.6. The van der Waals surface area contributed by atoms with E-state index in [1.54, 1.807) is 6.07 Å². The molecule has 1 aromatic heterocycles. The molecule has 0 saturated carbocycles. The van der Waals surface area contributed by atoms with Crippen LogP contribution in [-0.4, -0.2) is 24.0 Å². The number of hydrogen-bond acceptors (Lipinski definition) is 2. The molecular weight excluding hydrogens is 234 g/mol. The van der Waals surface area contributed by atoms with Gasteiger partial charge < -0.3 is 4.90 Å². The maximum atomic E-state index is 13.6. The fraction of sp³-hybridized carbons (Fsp3) is 0.214. The Balaban J connectivity index is 2.38. The molecule has 0 unspecified atom stereocenters. The Bertz CT molecular complexity index is 553. The van der Waals surface area contributed by atoms with Gasteiger partial charge in [0.15, 0.2) is 0 Å². The average Bonchev–Trinajstić information content (AvgIpc) is 2.28. The molecule has 0 aliphatic heterocycles. The number of aromatic nitrogens is 1. The van der Waals surface area contributed by atoms with Crippen molar-refractivity contribution in [3.63, 3.8) is 0 Å². The monoisotopic (exact) mass is 248 g/mol. The molecule has 2 nitrogen and oxygen atoms in total. The van der Waals surface area contributed by atoms with Crippen LogP contribution in [0.2, 0.25) is 0 Å². The van der Waals surface area contributed by atoms with Crippen molar-refractivity contribution in [3.05, 3.63) is 53.9 Å². The van der Waals surface area contributed by atoms with Crippen LogP contribution >= 0.6 is 0 Å². The minimum atomic E-state index is -0.805. The van der Waals surface area contributed by atoms with E-state index in [-0.39, 0.29) is 0 Å². The second-order valence-corrected chi connectivity index (χ2v) is 4.41. The third kappa shape index (κ3) is 2.90.